The molecule has 21 heavy (non-hydrogen) atoms. The number of halogens is 1. The van der Waals surface area contributed by atoms with Crippen molar-refractivity contribution in [3.63, 3.8) is 0 Å². The molecular formula is C15H23ClN2O2S. The molecule has 1 saturated carbocycles. The van der Waals surface area contributed by atoms with Crippen molar-refractivity contribution in [1.82, 2.24) is 10.0 Å². The molecule has 1 aliphatic carbocycles. The van der Waals surface area contributed by atoms with Crippen LogP contribution in [0.5, 0.6) is 0 Å². The Balaban J connectivity index is 2.10. The molecule has 0 radical (unpaired) electrons. The summed E-state index contributed by atoms with van der Waals surface area (Å²) in [6.07, 6.45) is 3.97. The van der Waals surface area contributed by atoms with E-state index in [1.165, 1.54) is 6.07 Å². The Kier molecular flexibility index (Phi) is 5.66. The van der Waals surface area contributed by atoms with E-state index in [0.717, 1.165) is 31.2 Å². The zero-order valence-electron chi connectivity index (χ0n) is 12.5. The van der Waals surface area contributed by atoms with Gasteiger partial charge in [0.2, 0.25) is 10.0 Å². The molecule has 1 aromatic carbocycles. The largest absolute Gasteiger partial charge is 0.316 e. The maximum atomic E-state index is 12.4. The zero-order chi connectivity index (χ0) is 15.5. The van der Waals surface area contributed by atoms with Crippen LogP contribution >= 0.6 is 11.6 Å². The minimum atomic E-state index is -3.49. The fourth-order valence-electron chi connectivity index (χ4n) is 2.69. The lowest BCUT2D eigenvalue weighted by Crippen LogP contribution is -2.37. The number of rotatable bonds is 5. The van der Waals surface area contributed by atoms with Crippen LogP contribution in [0, 0.1) is 5.92 Å². The van der Waals surface area contributed by atoms with E-state index in [0.29, 0.717) is 17.5 Å². The second kappa shape index (κ2) is 7.09. The van der Waals surface area contributed by atoms with Gasteiger partial charge in [-0.25, -0.2) is 13.1 Å². The van der Waals surface area contributed by atoms with Gasteiger partial charge >= 0.3 is 0 Å². The average Bonchev–Trinajstić information content (AvgIpc) is 2.43. The third kappa shape index (κ3) is 4.42. The highest BCUT2D eigenvalue weighted by molar-refractivity contribution is 7.89. The summed E-state index contributed by atoms with van der Waals surface area (Å²) in [6.45, 7) is 2.83. The second-order valence-electron chi connectivity index (χ2n) is 5.86. The van der Waals surface area contributed by atoms with Crippen LogP contribution in [0.3, 0.4) is 0 Å². The van der Waals surface area contributed by atoms with Gasteiger partial charge < -0.3 is 5.32 Å². The first kappa shape index (κ1) is 16.7. The molecule has 0 bridgehead atoms. The molecule has 0 unspecified atom stereocenters. The Bertz CT molecular complexity index is 581. The van der Waals surface area contributed by atoms with Crippen LogP contribution < -0.4 is 10.0 Å². The van der Waals surface area contributed by atoms with E-state index in [9.17, 15) is 8.42 Å². The second-order valence-corrected chi connectivity index (χ2v) is 7.98. The van der Waals surface area contributed by atoms with Crippen molar-refractivity contribution in [3.8, 4) is 0 Å². The summed E-state index contributed by atoms with van der Waals surface area (Å²) in [5.74, 6) is 0.695. The molecule has 2 rings (SSSR count). The smallest absolute Gasteiger partial charge is 0.240 e. The van der Waals surface area contributed by atoms with Gasteiger partial charge in [0.15, 0.2) is 0 Å². The lowest BCUT2D eigenvalue weighted by molar-refractivity contribution is 0.332. The SMILES string of the molecule is CNCc1ccc(S(=O)(=O)NC2CCC(C)CC2)cc1Cl. The van der Waals surface area contributed by atoms with Gasteiger partial charge in [0, 0.05) is 17.6 Å². The van der Waals surface area contributed by atoms with Gasteiger partial charge in [0.05, 0.1) is 4.90 Å². The van der Waals surface area contributed by atoms with Gasteiger partial charge in [-0.1, -0.05) is 24.6 Å². The third-order valence-electron chi connectivity index (χ3n) is 4.04. The van der Waals surface area contributed by atoms with E-state index in [1.807, 2.05) is 7.05 Å². The Morgan fingerprint density at radius 3 is 2.48 bits per heavy atom. The van der Waals surface area contributed by atoms with Gasteiger partial charge in [0.25, 0.3) is 0 Å². The predicted molar refractivity (Wildman–Crippen MR) is 86.0 cm³/mol. The first-order valence-corrected chi connectivity index (χ1v) is 9.24. The molecule has 1 fully saturated rings. The molecule has 0 aliphatic heterocycles. The molecule has 118 valence electrons. The van der Waals surface area contributed by atoms with Crippen molar-refractivity contribution in [3.05, 3.63) is 28.8 Å². The Hall–Kier alpha value is -0.620. The molecule has 4 nitrogen and oxygen atoms in total. The summed E-state index contributed by atoms with van der Waals surface area (Å²) < 4.78 is 27.6. The standard InChI is InChI=1S/C15H23ClN2O2S/c1-11-3-6-13(7-4-11)18-21(19,20)14-8-5-12(10-17-2)15(16)9-14/h5,8-9,11,13,17-18H,3-4,6-7,10H2,1-2H3. The molecule has 0 atom stereocenters. The highest BCUT2D eigenvalue weighted by Crippen LogP contribution is 2.26. The van der Waals surface area contributed by atoms with Gasteiger partial charge in [0.1, 0.15) is 0 Å². The lowest BCUT2D eigenvalue weighted by Gasteiger charge is -2.26. The summed E-state index contributed by atoms with van der Waals surface area (Å²) >= 11 is 6.14. The van der Waals surface area contributed by atoms with Crippen LogP contribution in [0.1, 0.15) is 38.2 Å². The Morgan fingerprint density at radius 1 is 1.24 bits per heavy atom. The van der Waals surface area contributed by atoms with Crippen LogP contribution in [-0.4, -0.2) is 21.5 Å². The van der Waals surface area contributed by atoms with Crippen LogP contribution in [-0.2, 0) is 16.6 Å². The fraction of sp³-hybridized carbons (Fsp3) is 0.600. The van der Waals surface area contributed by atoms with Crippen molar-refractivity contribution >= 4 is 21.6 Å². The summed E-state index contributed by atoms with van der Waals surface area (Å²) in [6, 6.07) is 4.95. The minimum Gasteiger partial charge on any atom is -0.316 e. The van der Waals surface area contributed by atoms with Gasteiger partial charge in [-0.2, -0.15) is 0 Å². The molecule has 6 heteroatoms. The molecule has 0 aromatic heterocycles. The number of hydrogen-bond acceptors (Lipinski definition) is 3. The topological polar surface area (TPSA) is 58.2 Å². The quantitative estimate of drug-likeness (QED) is 0.872. The molecule has 0 saturated heterocycles. The summed E-state index contributed by atoms with van der Waals surface area (Å²) in [5.41, 5.74) is 0.893. The van der Waals surface area contributed by atoms with E-state index in [-0.39, 0.29) is 10.9 Å². The molecule has 0 spiro atoms. The monoisotopic (exact) mass is 330 g/mol. The molecule has 2 N–H and O–H groups in total. The Labute approximate surface area is 132 Å². The molecular weight excluding hydrogens is 308 g/mol. The predicted octanol–water partition coefficient (Wildman–Crippen LogP) is 2.92. The molecule has 0 heterocycles. The summed E-state index contributed by atoms with van der Waals surface area (Å²) in [7, 11) is -1.66. The van der Waals surface area contributed by atoms with E-state index in [4.69, 9.17) is 11.6 Å². The minimum absolute atomic E-state index is 0.0435. The van der Waals surface area contributed by atoms with Crippen molar-refractivity contribution < 1.29 is 8.42 Å². The van der Waals surface area contributed by atoms with Gasteiger partial charge in [-0.05, 0) is 56.3 Å². The normalized spacial score (nSPS) is 23.2. The maximum Gasteiger partial charge on any atom is 0.240 e. The fourth-order valence-corrected chi connectivity index (χ4v) is 4.34. The average molecular weight is 331 g/mol. The molecule has 1 aromatic rings. The third-order valence-corrected chi connectivity index (χ3v) is 5.91. The zero-order valence-corrected chi connectivity index (χ0v) is 14.1. The van der Waals surface area contributed by atoms with E-state index >= 15 is 0 Å². The maximum absolute atomic E-state index is 12.4. The lowest BCUT2D eigenvalue weighted by atomic mass is 9.88. The Morgan fingerprint density at radius 2 is 1.90 bits per heavy atom. The van der Waals surface area contributed by atoms with Crippen molar-refractivity contribution in [2.75, 3.05) is 7.05 Å². The number of hydrogen-bond donors (Lipinski definition) is 2. The highest BCUT2D eigenvalue weighted by Gasteiger charge is 2.24. The highest BCUT2D eigenvalue weighted by atomic mass is 35.5. The summed E-state index contributed by atoms with van der Waals surface area (Å²) in [4.78, 5) is 0.242. The number of benzene rings is 1. The van der Waals surface area contributed by atoms with E-state index in [2.05, 4.69) is 17.0 Å². The van der Waals surface area contributed by atoms with Gasteiger partial charge in [-0.3, -0.25) is 0 Å². The van der Waals surface area contributed by atoms with Crippen molar-refractivity contribution in [2.24, 2.45) is 5.92 Å². The van der Waals surface area contributed by atoms with E-state index < -0.39 is 10.0 Å². The van der Waals surface area contributed by atoms with Crippen LogP contribution in [0.25, 0.3) is 0 Å². The van der Waals surface area contributed by atoms with Crippen LogP contribution in [0.15, 0.2) is 23.1 Å². The molecule has 0 amide bonds. The van der Waals surface area contributed by atoms with Gasteiger partial charge in [-0.15, -0.1) is 0 Å². The number of nitrogens with one attached hydrogen (secondary N) is 2. The number of sulfonamides is 1. The van der Waals surface area contributed by atoms with Crippen LogP contribution in [0.2, 0.25) is 5.02 Å². The first-order chi connectivity index (χ1) is 9.92. The first-order valence-electron chi connectivity index (χ1n) is 7.37. The summed E-state index contributed by atoms with van der Waals surface area (Å²) in [5, 5.41) is 3.48. The van der Waals surface area contributed by atoms with Crippen LogP contribution in [0.4, 0.5) is 0 Å². The van der Waals surface area contributed by atoms with Crippen molar-refractivity contribution in [1.29, 1.82) is 0 Å². The van der Waals surface area contributed by atoms with E-state index in [1.54, 1.807) is 12.1 Å². The van der Waals surface area contributed by atoms with Crippen molar-refractivity contribution in [2.45, 2.75) is 50.1 Å². The molecule has 1 aliphatic rings.